The Labute approximate surface area is 90.1 Å². The minimum absolute atomic E-state index is 0.0684. The molecule has 94 valence electrons. The first-order valence-corrected chi connectivity index (χ1v) is 13.6. The third kappa shape index (κ3) is 0.0598. The Morgan fingerprint density at radius 3 is 1.24 bits per heavy atom. The van der Waals surface area contributed by atoms with Crippen molar-refractivity contribution in [2.45, 2.75) is 73.2 Å². The summed E-state index contributed by atoms with van der Waals surface area (Å²) in [6.07, 6.45) is -0.137. The summed E-state index contributed by atoms with van der Waals surface area (Å²) in [4.78, 5) is 9.25. The quantitative estimate of drug-likeness (QED) is 0.760. The number of aliphatic hydroxyl groups excluding tert-OH is 2. The number of hydrogen-bond donors (Lipinski definition) is 2. The fraction of sp³-hybridized carbons (Fsp3) is 1.00. The molecule has 2 nitrogen and oxygen atoms in total. The van der Waals surface area contributed by atoms with Crippen molar-refractivity contribution in [3.05, 3.63) is 0 Å². The van der Waals surface area contributed by atoms with Crippen molar-refractivity contribution in [1.82, 2.24) is 0 Å². The molecule has 0 aromatic heterocycles. The van der Waals surface area contributed by atoms with Gasteiger partial charge in [-0.05, 0) is 0 Å². The van der Waals surface area contributed by atoms with Crippen LogP contribution < -0.4 is 0 Å². The standard InChI is InChI=1S/C9H13O2.C5H5.Fe/c1-6(10)8-4-3-5-9(8)7(2)11;1-2-4-5-3-1;/h3-7,10-11H,1-2H3;1-5H;. The predicted molar refractivity (Wildman–Crippen MR) is 58.7 cm³/mol. The summed E-state index contributed by atoms with van der Waals surface area (Å²) < 4.78 is 0.834. The van der Waals surface area contributed by atoms with Gasteiger partial charge in [0.05, 0.1) is 0 Å². The molecule has 3 heteroatoms. The molecule has 2 N–H and O–H groups in total. The summed E-state index contributed by atoms with van der Waals surface area (Å²) in [5.74, 6) is 0. The number of fused-ring (bicyclic) bond motifs is 10. The van der Waals surface area contributed by atoms with E-state index in [9.17, 15) is 10.2 Å². The minimum atomic E-state index is -3.40. The molecule has 0 saturated carbocycles. The summed E-state index contributed by atoms with van der Waals surface area (Å²) in [5.41, 5.74) is 0. The Hall–Kier alpha value is 0.439. The topological polar surface area (TPSA) is 40.5 Å². The van der Waals surface area contributed by atoms with Crippen LogP contribution in [-0.2, 0) is 6.51 Å². The molecule has 6 atom stereocenters. The van der Waals surface area contributed by atoms with Crippen LogP contribution in [0.1, 0.15) is 13.8 Å². The van der Waals surface area contributed by atoms with E-state index in [0.717, 1.165) is 9.63 Å². The molecule has 1 spiro atoms. The van der Waals surface area contributed by atoms with Gasteiger partial charge >= 0.3 is 89.9 Å². The molecule has 10 aliphatic heterocycles. The predicted octanol–water partition coefficient (Wildman–Crippen LogP) is 2.88. The molecule has 0 aromatic rings. The van der Waals surface area contributed by atoms with E-state index in [1.807, 2.05) is 0 Å². The van der Waals surface area contributed by atoms with E-state index in [4.69, 9.17) is 0 Å². The van der Waals surface area contributed by atoms with E-state index in [1.54, 1.807) is 0 Å². The molecular formula is C14H18FeO2. The molecule has 10 aliphatic rings. The Kier molecular flexibility index (Phi) is 0.203. The van der Waals surface area contributed by atoms with Crippen LogP contribution in [0, 0.1) is 0 Å². The SMILES string of the molecule is CC(O)[C]12[CH]3[CH]4[CH]5[C]1(C(C)O)[Fe]43521678[CH]2[CH]1[CH]6[CH]7[CH]28. The van der Waals surface area contributed by atoms with Crippen LogP contribution in [0.3, 0.4) is 0 Å². The molecule has 10 saturated heterocycles. The van der Waals surface area contributed by atoms with E-state index in [2.05, 4.69) is 13.8 Å². The van der Waals surface area contributed by atoms with Crippen LogP contribution in [0.4, 0.5) is 0 Å². The fourth-order valence-corrected chi connectivity index (χ4v) is 98.0. The van der Waals surface area contributed by atoms with Gasteiger partial charge in [-0.2, -0.15) is 0 Å². The molecule has 10 rings (SSSR count). The van der Waals surface area contributed by atoms with E-state index < -0.39 is 6.51 Å². The van der Waals surface area contributed by atoms with Crippen molar-refractivity contribution in [1.29, 1.82) is 0 Å². The second-order valence-electron chi connectivity index (χ2n) is 11.2. The average molecular weight is 274 g/mol. The van der Waals surface area contributed by atoms with Gasteiger partial charge in [-0.3, -0.25) is 0 Å². The van der Waals surface area contributed by atoms with Crippen LogP contribution in [0.2, 0.25) is 47.2 Å². The molecule has 10 fully saturated rings. The molecule has 10 heterocycles. The van der Waals surface area contributed by atoms with Gasteiger partial charge in [-0.1, -0.05) is 0 Å². The molecular weight excluding hydrogens is 256 g/mol. The number of rotatable bonds is 2. The Morgan fingerprint density at radius 1 is 0.765 bits per heavy atom. The van der Waals surface area contributed by atoms with Crippen LogP contribution in [0.15, 0.2) is 0 Å². The molecule has 0 aromatic carbocycles. The third-order valence-corrected chi connectivity index (χ3v) is 59.9. The molecule has 0 amide bonds. The van der Waals surface area contributed by atoms with Gasteiger partial charge in [-0.15, -0.1) is 0 Å². The number of aliphatic hydroxyl groups is 2. The van der Waals surface area contributed by atoms with E-state index in [0.29, 0.717) is 8.63 Å². The normalized spacial score (nSPS) is 128. The van der Waals surface area contributed by atoms with Gasteiger partial charge < -0.3 is 0 Å². The first kappa shape index (κ1) is 6.74. The van der Waals surface area contributed by atoms with Crippen LogP contribution in [-0.4, -0.2) is 22.4 Å². The Bertz CT molecular complexity index is 908. The molecule has 0 bridgehead atoms. The van der Waals surface area contributed by atoms with E-state index >= 15 is 0 Å². The van der Waals surface area contributed by atoms with Gasteiger partial charge in [0.2, 0.25) is 0 Å². The summed E-state index contributed by atoms with van der Waals surface area (Å²) in [7, 11) is 0. The van der Waals surface area contributed by atoms with Gasteiger partial charge in [0.25, 0.3) is 0 Å². The van der Waals surface area contributed by atoms with Gasteiger partial charge in [-0.25, -0.2) is 0 Å². The maximum absolute atomic E-state index is 10.7. The molecule has 0 radical (unpaired) electrons. The van der Waals surface area contributed by atoms with Crippen molar-refractivity contribution >= 4 is 0 Å². The van der Waals surface area contributed by atoms with Crippen molar-refractivity contribution in [2.75, 3.05) is 0 Å². The second-order valence-corrected chi connectivity index (χ2v) is 34.5. The van der Waals surface area contributed by atoms with Crippen LogP contribution in [0.25, 0.3) is 0 Å². The van der Waals surface area contributed by atoms with Crippen LogP contribution >= 0.6 is 0 Å². The fourth-order valence-electron chi connectivity index (χ4n) is 19.4. The zero-order valence-electron chi connectivity index (χ0n) is 10.0. The molecule has 17 heavy (non-hydrogen) atoms. The zero-order valence-corrected chi connectivity index (χ0v) is 11.1. The second kappa shape index (κ2) is 0.513. The summed E-state index contributed by atoms with van der Waals surface area (Å²) in [6.45, 7) is 0.809. The summed E-state index contributed by atoms with van der Waals surface area (Å²) in [5, 5.41) is 21.4. The van der Waals surface area contributed by atoms with Crippen molar-refractivity contribution in [3.8, 4) is 0 Å². The molecule has 6 unspecified atom stereocenters. The first-order chi connectivity index (χ1) is 7.82. The summed E-state index contributed by atoms with van der Waals surface area (Å²) >= 11 is 0. The Morgan fingerprint density at radius 2 is 1.12 bits per heavy atom. The van der Waals surface area contributed by atoms with Crippen molar-refractivity contribution in [3.63, 3.8) is 0 Å². The Balaban J connectivity index is 1.75. The zero-order chi connectivity index (χ0) is 11.1. The summed E-state index contributed by atoms with van der Waals surface area (Å²) in [6, 6.07) is 0. The average Bonchev–Trinajstić information content (AvgIpc) is 3.22. The van der Waals surface area contributed by atoms with Gasteiger partial charge in [0.15, 0.2) is 0 Å². The van der Waals surface area contributed by atoms with Gasteiger partial charge in [0.1, 0.15) is 0 Å². The third-order valence-electron chi connectivity index (χ3n) is 16.3. The first-order valence-electron chi connectivity index (χ1n) is 7.40. The van der Waals surface area contributed by atoms with Crippen LogP contribution in [0.5, 0.6) is 0 Å². The number of hydrogen-bond acceptors (Lipinski definition) is 2. The van der Waals surface area contributed by atoms with E-state index in [1.165, 1.54) is 28.9 Å². The van der Waals surface area contributed by atoms with E-state index in [-0.39, 0.29) is 12.2 Å². The monoisotopic (exact) mass is 274 g/mol. The van der Waals surface area contributed by atoms with Gasteiger partial charge in [0, 0.05) is 0 Å². The molecule has 0 aliphatic carbocycles. The van der Waals surface area contributed by atoms with Crippen molar-refractivity contribution < 1.29 is 16.7 Å². The maximum atomic E-state index is 10.7. The van der Waals surface area contributed by atoms with Crippen molar-refractivity contribution in [2.24, 2.45) is 0 Å².